The number of alkyl halides is 6. The fourth-order valence-electron chi connectivity index (χ4n) is 4.02. The van der Waals surface area contributed by atoms with Gasteiger partial charge in [-0.1, -0.05) is 30.0 Å². The number of para-hydroxylation sites is 1. The van der Waals surface area contributed by atoms with E-state index in [-0.39, 0.29) is 36.2 Å². The van der Waals surface area contributed by atoms with Crippen LogP contribution in [-0.2, 0) is 28.3 Å². The van der Waals surface area contributed by atoms with E-state index in [0.717, 1.165) is 5.56 Å². The molecular weight excluding hydrogens is 508 g/mol. The summed E-state index contributed by atoms with van der Waals surface area (Å²) in [6.45, 7) is 1.90. The van der Waals surface area contributed by atoms with E-state index in [0.29, 0.717) is 22.9 Å². The smallest absolute Gasteiger partial charge is 0.416 e. The quantitative estimate of drug-likeness (QED) is 0.511. The number of nitrogens with zero attached hydrogens (tertiary/aromatic N) is 1. The minimum absolute atomic E-state index is 0.0655. The number of ether oxygens (including phenoxy) is 1. The van der Waals surface area contributed by atoms with E-state index in [9.17, 15) is 31.1 Å². The minimum Gasteiger partial charge on any atom is -0.432 e. The van der Waals surface area contributed by atoms with Crippen molar-refractivity contribution in [2.45, 2.75) is 31.7 Å². The van der Waals surface area contributed by atoms with Crippen molar-refractivity contribution >= 4 is 23.4 Å². The average molecular weight is 530 g/mol. The van der Waals surface area contributed by atoms with E-state index in [1.807, 2.05) is 13.0 Å². The Balaban J connectivity index is 1.77. The molecule has 5 nitrogen and oxygen atoms in total. The highest BCUT2D eigenvalue weighted by molar-refractivity contribution is 8.02. The molecule has 0 saturated heterocycles. The Morgan fingerprint density at radius 1 is 1.06 bits per heavy atom. The fourth-order valence-corrected chi connectivity index (χ4v) is 4.40. The van der Waals surface area contributed by atoms with Crippen molar-refractivity contribution in [2.75, 3.05) is 17.8 Å². The van der Waals surface area contributed by atoms with Crippen LogP contribution in [0.3, 0.4) is 0 Å². The molecule has 2 heterocycles. The summed E-state index contributed by atoms with van der Waals surface area (Å²) in [6.07, 6.45) is -6.99. The molecule has 2 N–H and O–H groups in total. The van der Waals surface area contributed by atoms with Gasteiger partial charge in [0.05, 0.1) is 35.3 Å². The standard InChI is InChI=1S/C24H21F6N3O2S/c1-13-5-3-4-6-18(13)33-11-19(36-2)35-21-20(22(33)34)17(31-12-32-21)9-14-7-15(23(25,26)27)10-16(8-14)24(28,29)30/h3-8,10-11,17,31-32H,9,12H2,1-2H3. The Morgan fingerprint density at radius 2 is 1.69 bits per heavy atom. The Bertz CT molecular complexity index is 1210. The zero-order valence-electron chi connectivity index (χ0n) is 19.1. The van der Waals surface area contributed by atoms with Crippen LogP contribution in [0.15, 0.2) is 65.2 Å². The van der Waals surface area contributed by atoms with Gasteiger partial charge >= 0.3 is 12.4 Å². The summed E-state index contributed by atoms with van der Waals surface area (Å²) in [7, 11) is 0. The lowest BCUT2D eigenvalue weighted by molar-refractivity contribution is -0.143. The second-order valence-electron chi connectivity index (χ2n) is 8.19. The number of carbonyl (C=O) groups is 1. The molecule has 0 bridgehead atoms. The van der Waals surface area contributed by atoms with Gasteiger partial charge in [-0.2, -0.15) is 26.3 Å². The largest absolute Gasteiger partial charge is 0.432 e. The van der Waals surface area contributed by atoms with Gasteiger partial charge < -0.3 is 10.1 Å². The van der Waals surface area contributed by atoms with Gasteiger partial charge in [-0.25, -0.2) is 0 Å². The van der Waals surface area contributed by atoms with E-state index in [1.165, 1.54) is 22.9 Å². The van der Waals surface area contributed by atoms with Crippen molar-refractivity contribution in [3.63, 3.8) is 0 Å². The predicted octanol–water partition coefficient (Wildman–Crippen LogP) is 5.53. The topological polar surface area (TPSA) is 53.6 Å². The molecule has 2 aliphatic heterocycles. The molecule has 0 fully saturated rings. The van der Waals surface area contributed by atoms with E-state index in [4.69, 9.17) is 4.74 Å². The Morgan fingerprint density at radius 3 is 2.28 bits per heavy atom. The van der Waals surface area contributed by atoms with Crippen LogP contribution in [-0.4, -0.2) is 24.9 Å². The first-order valence-corrected chi connectivity index (χ1v) is 11.9. The lowest BCUT2D eigenvalue weighted by Gasteiger charge is -2.30. The number of thioether (sulfide) groups is 1. The third-order valence-corrected chi connectivity index (χ3v) is 6.33. The van der Waals surface area contributed by atoms with Crippen molar-refractivity contribution in [3.8, 4) is 0 Å². The molecule has 12 heteroatoms. The monoisotopic (exact) mass is 529 g/mol. The third-order valence-electron chi connectivity index (χ3n) is 5.74. The summed E-state index contributed by atoms with van der Waals surface area (Å²) < 4.78 is 86.1. The molecule has 0 aromatic heterocycles. The van der Waals surface area contributed by atoms with Crippen LogP contribution >= 0.6 is 11.8 Å². The second-order valence-corrected chi connectivity index (χ2v) is 9.00. The maximum atomic E-state index is 13.7. The number of amides is 1. The van der Waals surface area contributed by atoms with Crippen LogP contribution in [0.5, 0.6) is 0 Å². The van der Waals surface area contributed by atoms with Crippen LogP contribution in [0.1, 0.15) is 22.3 Å². The van der Waals surface area contributed by atoms with Gasteiger partial charge in [0.25, 0.3) is 5.91 Å². The fraction of sp³-hybridized carbons (Fsp3) is 0.292. The molecule has 0 spiro atoms. The Labute approximate surface area is 207 Å². The molecule has 0 radical (unpaired) electrons. The molecule has 1 unspecified atom stereocenters. The Kier molecular flexibility index (Phi) is 7.02. The lowest BCUT2D eigenvalue weighted by atomic mass is 9.94. The zero-order valence-corrected chi connectivity index (χ0v) is 19.9. The predicted molar refractivity (Wildman–Crippen MR) is 123 cm³/mol. The first-order valence-electron chi connectivity index (χ1n) is 10.7. The van der Waals surface area contributed by atoms with Gasteiger partial charge in [0, 0.05) is 6.04 Å². The summed E-state index contributed by atoms with van der Waals surface area (Å²) in [4.78, 5) is 15.1. The number of benzene rings is 2. The maximum absolute atomic E-state index is 13.7. The normalized spacial score (nSPS) is 18.8. The molecule has 2 aliphatic rings. The SMILES string of the molecule is CSC1=CN(c2ccccc2C)C(=O)C2=C(NCNC2Cc2cc(C(F)(F)F)cc(C(F)(F)F)c2)O1. The third kappa shape index (κ3) is 5.34. The summed E-state index contributed by atoms with van der Waals surface area (Å²) in [5.74, 6) is -0.417. The van der Waals surface area contributed by atoms with Crippen LogP contribution in [0.25, 0.3) is 0 Å². The zero-order chi connectivity index (χ0) is 26.3. The number of nitrogens with one attached hydrogen (secondary N) is 2. The van der Waals surface area contributed by atoms with Gasteiger partial charge in [0.1, 0.15) is 0 Å². The molecule has 2 aromatic carbocycles. The highest BCUT2D eigenvalue weighted by atomic mass is 32.2. The molecule has 0 saturated carbocycles. The second kappa shape index (κ2) is 9.74. The van der Waals surface area contributed by atoms with Crippen LogP contribution in [0, 0.1) is 6.92 Å². The van der Waals surface area contributed by atoms with Crippen LogP contribution in [0.4, 0.5) is 32.0 Å². The van der Waals surface area contributed by atoms with Crippen LogP contribution in [0.2, 0.25) is 0 Å². The number of halogens is 6. The average Bonchev–Trinajstić information content (AvgIpc) is 2.95. The molecular formula is C24H21F6N3O2S. The summed E-state index contributed by atoms with van der Waals surface area (Å²) >= 11 is 1.24. The minimum atomic E-state index is -4.97. The van der Waals surface area contributed by atoms with E-state index in [1.54, 1.807) is 24.5 Å². The van der Waals surface area contributed by atoms with E-state index >= 15 is 0 Å². The first kappa shape index (κ1) is 26.0. The highest BCUT2D eigenvalue weighted by Crippen LogP contribution is 2.37. The molecule has 1 amide bonds. The van der Waals surface area contributed by atoms with Gasteiger partial charge in [-0.3, -0.25) is 15.0 Å². The van der Waals surface area contributed by atoms with Gasteiger partial charge in [-0.15, -0.1) is 0 Å². The van der Waals surface area contributed by atoms with E-state index in [2.05, 4.69) is 10.6 Å². The molecule has 1 atom stereocenters. The number of carbonyl (C=O) groups excluding carboxylic acids is 1. The summed E-state index contributed by atoms with van der Waals surface area (Å²) in [5.41, 5.74) is -1.63. The van der Waals surface area contributed by atoms with Crippen molar-refractivity contribution < 1.29 is 35.9 Å². The summed E-state index contributed by atoms with van der Waals surface area (Å²) in [6, 6.07) is 7.61. The molecule has 192 valence electrons. The number of anilines is 1. The number of rotatable bonds is 4. The molecule has 2 aromatic rings. The molecule has 36 heavy (non-hydrogen) atoms. The number of hydrogen-bond donors (Lipinski definition) is 2. The highest BCUT2D eigenvalue weighted by Gasteiger charge is 2.39. The molecule has 0 aliphatic carbocycles. The van der Waals surface area contributed by atoms with Gasteiger partial charge in [-0.05, 0) is 55.0 Å². The van der Waals surface area contributed by atoms with Crippen LogP contribution < -0.4 is 15.5 Å². The molecule has 4 rings (SSSR count). The van der Waals surface area contributed by atoms with Crippen molar-refractivity contribution in [3.05, 3.63) is 87.5 Å². The van der Waals surface area contributed by atoms with Crippen molar-refractivity contribution in [1.29, 1.82) is 0 Å². The number of aryl methyl sites for hydroxylation is 1. The van der Waals surface area contributed by atoms with Crippen molar-refractivity contribution in [1.82, 2.24) is 10.6 Å². The van der Waals surface area contributed by atoms with Gasteiger partial charge in [0.15, 0.2) is 5.09 Å². The summed E-state index contributed by atoms with van der Waals surface area (Å²) in [5, 5.41) is 6.26. The van der Waals surface area contributed by atoms with Crippen molar-refractivity contribution in [2.24, 2.45) is 0 Å². The van der Waals surface area contributed by atoms with Gasteiger partial charge in [0.2, 0.25) is 5.88 Å². The first-order chi connectivity index (χ1) is 16.9. The van der Waals surface area contributed by atoms with E-state index < -0.39 is 35.4 Å². The number of hydrogen-bond acceptors (Lipinski definition) is 5. The Hall–Kier alpha value is -3.12. The maximum Gasteiger partial charge on any atom is 0.416 e. The lowest BCUT2D eigenvalue weighted by Crippen LogP contribution is -2.49.